The summed E-state index contributed by atoms with van der Waals surface area (Å²) < 4.78 is 26.2. The standard InChI is InChI=1S/C15H14Cl3N3O3S/c1-2-21(25(23,24)10-6-7-13(18)19-8-10)9-14(22)20-15-11(16)4-3-5-12(15)17/h3-8H,2,9H2,1H3,(H,20,22). The van der Waals surface area contributed by atoms with Crippen LogP contribution in [0.3, 0.4) is 0 Å². The number of nitrogens with zero attached hydrogens (tertiary/aromatic N) is 2. The minimum absolute atomic E-state index is 0.0534. The number of hydrogen-bond acceptors (Lipinski definition) is 4. The van der Waals surface area contributed by atoms with Gasteiger partial charge in [-0.05, 0) is 24.3 Å². The van der Waals surface area contributed by atoms with Gasteiger partial charge in [-0.1, -0.05) is 47.8 Å². The predicted molar refractivity (Wildman–Crippen MR) is 98.8 cm³/mol. The van der Waals surface area contributed by atoms with Crippen molar-refractivity contribution in [2.75, 3.05) is 18.4 Å². The molecule has 0 atom stereocenters. The van der Waals surface area contributed by atoms with Crippen molar-refractivity contribution >= 4 is 56.4 Å². The van der Waals surface area contributed by atoms with Crippen molar-refractivity contribution in [3.63, 3.8) is 0 Å². The van der Waals surface area contributed by atoms with Gasteiger partial charge < -0.3 is 5.32 Å². The van der Waals surface area contributed by atoms with E-state index in [1.54, 1.807) is 25.1 Å². The molecule has 2 rings (SSSR count). The van der Waals surface area contributed by atoms with Gasteiger partial charge >= 0.3 is 0 Å². The van der Waals surface area contributed by atoms with Crippen LogP contribution in [-0.4, -0.2) is 36.7 Å². The Kier molecular flexibility index (Phi) is 6.65. The summed E-state index contributed by atoms with van der Waals surface area (Å²) in [4.78, 5) is 16.0. The van der Waals surface area contributed by atoms with Gasteiger partial charge in [0.1, 0.15) is 10.0 Å². The molecule has 0 radical (unpaired) electrons. The van der Waals surface area contributed by atoms with Crippen LogP contribution in [0.5, 0.6) is 0 Å². The number of rotatable bonds is 6. The van der Waals surface area contributed by atoms with Crippen LogP contribution in [0.2, 0.25) is 15.2 Å². The highest BCUT2D eigenvalue weighted by atomic mass is 35.5. The Labute approximate surface area is 160 Å². The molecule has 0 aliphatic rings. The molecule has 134 valence electrons. The van der Waals surface area contributed by atoms with Gasteiger partial charge in [0.25, 0.3) is 0 Å². The van der Waals surface area contributed by atoms with E-state index in [0.29, 0.717) is 0 Å². The van der Waals surface area contributed by atoms with E-state index in [0.717, 1.165) is 10.5 Å². The van der Waals surface area contributed by atoms with Gasteiger partial charge in [-0.2, -0.15) is 4.31 Å². The molecule has 2 aromatic rings. The Hall–Kier alpha value is -1.38. The van der Waals surface area contributed by atoms with Gasteiger partial charge in [-0.25, -0.2) is 13.4 Å². The molecule has 0 aliphatic heterocycles. The van der Waals surface area contributed by atoms with E-state index in [1.165, 1.54) is 12.1 Å². The first-order valence-electron chi connectivity index (χ1n) is 7.11. The summed E-state index contributed by atoms with van der Waals surface area (Å²) in [5.41, 5.74) is 0.234. The molecule has 0 saturated carbocycles. The molecule has 0 aliphatic carbocycles. The third-order valence-electron chi connectivity index (χ3n) is 3.24. The van der Waals surface area contributed by atoms with E-state index in [4.69, 9.17) is 34.8 Å². The Morgan fingerprint density at radius 2 is 1.80 bits per heavy atom. The van der Waals surface area contributed by atoms with E-state index in [1.807, 2.05) is 0 Å². The maximum Gasteiger partial charge on any atom is 0.245 e. The maximum atomic E-state index is 12.6. The highest BCUT2D eigenvalue weighted by molar-refractivity contribution is 7.89. The summed E-state index contributed by atoms with van der Waals surface area (Å²) >= 11 is 17.7. The van der Waals surface area contributed by atoms with Crippen LogP contribution < -0.4 is 5.32 Å². The van der Waals surface area contributed by atoms with Crippen LogP contribution >= 0.6 is 34.8 Å². The number of likely N-dealkylation sites (N-methyl/N-ethyl adjacent to an activating group) is 1. The zero-order chi connectivity index (χ0) is 18.6. The zero-order valence-electron chi connectivity index (χ0n) is 13.0. The summed E-state index contributed by atoms with van der Waals surface area (Å²) in [7, 11) is -3.89. The molecule has 6 nitrogen and oxygen atoms in total. The first-order chi connectivity index (χ1) is 11.8. The van der Waals surface area contributed by atoms with Gasteiger partial charge in [0.05, 0.1) is 22.3 Å². The Bertz CT molecular complexity index is 853. The first kappa shape index (κ1) is 19.9. The number of halogens is 3. The second kappa shape index (κ2) is 8.33. The summed E-state index contributed by atoms with van der Waals surface area (Å²) in [6.07, 6.45) is 1.14. The van der Waals surface area contributed by atoms with Crippen LogP contribution in [0.15, 0.2) is 41.4 Å². The number of sulfonamides is 1. The third kappa shape index (κ3) is 4.83. The van der Waals surface area contributed by atoms with Gasteiger partial charge in [0.15, 0.2) is 0 Å². The van der Waals surface area contributed by atoms with E-state index < -0.39 is 22.5 Å². The lowest BCUT2D eigenvalue weighted by Crippen LogP contribution is -2.38. The van der Waals surface area contributed by atoms with Crippen molar-refractivity contribution in [3.05, 3.63) is 51.7 Å². The van der Waals surface area contributed by atoms with Crippen LogP contribution in [-0.2, 0) is 14.8 Å². The predicted octanol–water partition coefficient (Wildman–Crippen LogP) is 3.69. The van der Waals surface area contributed by atoms with Crippen LogP contribution in [0.1, 0.15) is 6.92 Å². The molecule has 0 fully saturated rings. The molecule has 1 amide bonds. The Morgan fingerprint density at radius 3 is 2.32 bits per heavy atom. The molecular formula is C15H14Cl3N3O3S. The smallest absolute Gasteiger partial charge is 0.245 e. The molecular weight excluding hydrogens is 409 g/mol. The topological polar surface area (TPSA) is 79.4 Å². The molecule has 10 heteroatoms. The third-order valence-corrected chi connectivity index (χ3v) is 6.00. The van der Waals surface area contributed by atoms with E-state index in [2.05, 4.69) is 10.3 Å². The minimum Gasteiger partial charge on any atom is -0.322 e. The highest BCUT2D eigenvalue weighted by Crippen LogP contribution is 2.29. The molecule has 1 N–H and O–H groups in total. The molecule has 0 spiro atoms. The Morgan fingerprint density at radius 1 is 1.16 bits per heavy atom. The number of pyridine rings is 1. The van der Waals surface area contributed by atoms with E-state index >= 15 is 0 Å². The van der Waals surface area contributed by atoms with Gasteiger partial charge in [0, 0.05) is 12.7 Å². The lowest BCUT2D eigenvalue weighted by molar-refractivity contribution is -0.116. The summed E-state index contributed by atoms with van der Waals surface area (Å²) in [6.45, 7) is 1.31. The zero-order valence-corrected chi connectivity index (χ0v) is 16.1. The second-order valence-electron chi connectivity index (χ2n) is 4.89. The fourth-order valence-electron chi connectivity index (χ4n) is 1.99. The van der Waals surface area contributed by atoms with Crippen LogP contribution in [0.4, 0.5) is 5.69 Å². The lowest BCUT2D eigenvalue weighted by Gasteiger charge is -2.20. The summed E-state index contributed by atoms with van der Waals surface area (Å²) in [5, 5.41) is 3.22. The number of carbonyl (C=O) groups is 1. The van der Waals surface area contributed by atoms with Gasteiger partial charge in [-0.3, -0.25) is 4.79 Å². The molecule has 0 saturated heterocycles. The number of anilines is 1. The number of aromatic nitrogens is 1. The van der Waals surface area contributed by atoms with Crippen molar-refractivity contribution in [2.45, 2.75) is 11.8 Å². The number of hydrogen-bond donors (Lipinski definition) is 1. The quantitative estimate of drug-likeness (QED) is 0.720. The SMILES string of the molecule is CCN(CC(=O)Nc1c(Cl)cccc1Cl)S(=O)(=O)c1ccc(Cl)nc1. The molecule has 0 bridgehead atoms. The van der Waals surface area contributed by atoms with Gasteiger partial charge in [0.2, 0.25) is 15.9 Å². The van der Waals surface area contributed by atoms with Crippen molar-refractivity contribution in [3.8, 4) is 0 Å². The van der Waals surface area contributed by atoms with Crippen LogP contribution in [0, 0.1) is 0 Å². The monoisotopic (exact) mass is 421 g/mol. The molecule has 1 heterocycles. The number of benzene rings is 1. The molecule has 1 aromatic carbocycles. The van der Waals surface area contributed by atoms with Crippen molar-refractivity contribution in [1.82, 2.24) is 9.29 Å². The highest BCUT2D eigenvalue weighted by Gasteiger charge is 2.26. The maximum absolute atomic E-state index is 12.6. The molecule has 1 aromatic heterocycles. The number of nitrogens with one attached hydrogen (secondary N) is 1. The first-order valence-corrected chi connectivity index (χ1v) is 9.68. The number of amides is 1. The van der Waals surface area contributed by atoms with E-state index in [-0.39, 0.29) is 32.3 Å². The van der Waals surface area contributed by atoms with Crippen molar-refractivity contribution < 1.29 is 13.2 Å². The molecule has 0 unspecified atom stereocenters. The molecule has 25 heavy (non-hydrogen) atoms. The van der Waals surface area contributed by atoms with E-state index in [9.17, 15) is 13.2 Å². The average Bonchev–Trinajstić information content (AvgIpc) is 2.56. The number of para-hydroxylation sites is 1. The fraction of sp³-hybridized carbons (Fsp3) is 0.200. The summed E-state index contributed by atoms with van der Waals surface area (Å²) in [6, 6.07) is 7.46. The van der Waals surface area contributed by atoms with Crippen LogP contribution in [0.25, 0.3) is 0 Å². The largest absolute Gasteiger partial charge is 0.322 e. The average molecular weight is 423 g/mol. The summed E-state index contributed by atoms with van der Waals surface area (Å²) in [5.74, 6) is -0.567. The number of carbonyl (C=O) groups excluding carboxylic acids is 1. The van der Waals surface area contributed by atoms with Gasteiger partial charge in [-0.15, -0.1) is 0 Å². The van der Waals surface area contributed by atoms with Crippen molar-refractivity contribution in [2.24, 2.45) is 0 Å². The van der Waals surface area contributed by atoms with Crippen molar-refractivity contribution in [1.29, 1.82) is 0 Å². The second-order valence-corrected chi connectivity index (χ2v) is 8.03. The minimum atomic E-state index is -3.89. The lowest BCUT2D eigenvalue weighted by atomic mass is 10.3. The Balaban J connectivity index is 2.18. The fourth-order valence-corrected chi connectivity index (χ4v) is 3.94. The normalized spacial score (nSPS) is 11.6.